The fourth-order valence-electron chi connectivity index (χ4n) is 2.15. The third-order valence-electron chi connectivity index (χ3n) is 3.38. The minimum Gasteiger partial charge on any atom is -0.378 e. The molecular formula is C13H24N4O. The van der Waals surface area contributed by atoms with Crippen molar-refractivity contribution in [2.24, 2.45) is 7.05 Å². The molecule has 0 atom stereocenters. The van der Waals surface area contributed by atoms with Crippen LogP contribution in [0.1, 0.15) is 25.0 Å². The summed E-state index contributed by atoms with van der Waals surface area (Å²) in [5, 5.41) is 11.0. The Labute approximate surface area is 109 Å². The number of aryl methyl sites for hydroxylation is 2. The fourth-order valence-corrected chi connectivity index (χ4v) is 2.15. The van der Waals surface area contributed by atoms with E-state index in [-0.39, 0.29) is 0 Å². The van der Waals surface area contributed by atoms with Crippen molar-refractivity contribution in [2.75, 3.05) is 31.6 Å². The van der Waals surface area contributed by atoms with Crippen molar-refractivity contribution in [1.82, 2.24) is 15.1 Å². The molecule has 1 aliphatic heterocycles. The molecule has 1 saturated heterocycles. The third-order valence-corrected chi connectivity index (χ3v) is 3.38. The molecule has 0 aromatic carbocycles. The van der Waals surface area contributed by atoms with E-state index in [2.05, 4.69) is 28.7 Å². The summed E-state index contributed by atoms with van der Waals surface area (Å²) in [6, 6.07) is 2.06. The number of piperidine rings is 1. The first-order valence-electron chi connectivity index (χ1n) is 6.82. The molecule has 5 nitrogen and oxygen atoms in total. The summed E-state index contributed by atoms with van der Waals surface area (Å²) < 4.78 is 7.73. The van der Waals surface area contributed by atoms with E-state index in [9.17, 15) is 0 Å². The van der Waals surface area contributed by atoms with Crippen molar-refractivity contribution < 1.29 is 4.74 Å². The van der Waals surface area contributed by atoms with Gasteiger partial charge in [0, 0.05) is 32.0 Å². The first-order valence-corrected chi connectivity index (χ1v) is 6.82. The molecule has 2 N–H and O–H groups in total. The standard InChI is InChI=1S/C13H24N4O/c1-11-10-13(16-17(11)2)15-6-3-9-18-12-4-7-14-8-5-12/h10,12,14H,3-9H2,1-2H3,(H,15,16). The van der Waals surface area contributed by atoms with E-state index in [0.717, 1.165) is 51.3 Å². The molecule has 0 amide bonds. The zero-order valence-electron chi connectivity index (χ0n) is 11.4. The molecule has 0 radical (unpaired) electrons. The summed E-state index contributed by atoms with van der Waals surface area (Å²) in [6.07, 6.45) is 3.78. The lowest BCUT2D eigenvalue weighted by Crippen LogP contribution is -2.32. The average Bonchev–Trinajstić information content (AvgIpc) is 2.70. The first kappa shape index (κ1) is 13.4. The van der Waals surface area contributed by atoms with Crippen LogP contribution in [0.4, 0.5) is 5.82 Å². The van der Waals surface area contributed by atoms with Crippen LogP contribution in [0.15, 0.2) is 6.07 Å². The highest BCUT2D eigenvalue weighted by Gasteiger charge is 2.12. The van der Waals surface area contributed by atoms with E-state index >= 15 is 0 Å². The molecule has 2 rings (SSSR count). The third kappa shape index (κ3) is 3.99. The Kier molecular flexibility index (Phi) is 5.01. The summed E-state index contributed by atoms with van der Waals surface area (Å²) in [4.78, 5) is 0. The molecule has 0 saturated carbocycles. The van der Waals surface area contributed by atoms with Gasteiger partial charge in [-0.25, -0.2) is 0 Å². The second-order valence-electron chi connectivity index (χ2n) is 4.90. The van der Waals surface area contributed by atoms with Crippen LogP contribution in [0.5, 0.6) is 0 Å². The highest BCUT2D eigenvalue weighted by molar-refractivity contribution is 5.35. The number of hydrogen-bond donors (Lipinski definition) is 2. The number of anilines is 1. The molecule has 0 unspecified atom stereocenters. The highest BCUT2D eigenvalue weighted by atomic mass is 16.5. The molecule has 1 aromatic heterocycles. The highest BCUT2D eigenvalue weighted by Crippen LogP contribution is 2.08. The minimum absolute atomic E-state index is 0.461. The second-order valence-corrected chi connectivity index (χ2v) is 4.90. The molecule has 1 fully saturated rings. The van der Waals surface area contributed by atoms with Crippen molar-refractivity contribution >= 4 is 5.82 Å². The van der Waals surface area contributed by atoms with E-state index in [0.29, 0.717) is 6.10 Å². The van der Waals surface area contributed by atoms with Crippen molar-refractivity contribution in [3.05, 3.63) is 11.8 Å². The quantitative estimate of drug-likeness (QED) is 0.749. The zero-order chi connectivity index (χ0) is 12.8. The van der Waals surface area contributed by atoms with Crippen molar-refractivity contribution in [3.8, 4) is 0 Å². The first-order chi connectivity index (χ1) is 8.75. The maximum atomic E-state index is 5.84. The van der Waals surface area contributed by atoms with Crippen LogP contribution < -0.4 is 10.6 Å². The Morgan fingerprint density at radius 3 is 2.94 bits per heavy atom. The van der Waals surface area contributed by atoms with Crippen molar-refractivity contribution in [3.63, 3.8) is 0 Å². The van der Waals surface area contributed by atoms with E-state index in [4.69, 9.17) is 4.74 Å². The van der Waals surface area contributed by atoms with Gasteiger partial charge in [0.15, 0.2) is 0 Å². The Balaban J connectivity index is 1.55. The van der Waals surface area contributed by atoms with E-state index in [1.807, 2.05) is 11.7 Å². The van der Waals surface area contributed by atoms with Crippen molar-refractivity contribution in [2.45, 2.75) is 32.3 Å². The van der Waals surface area contributed by atoms with Gasteiger partial charge in [0.05, 0.1) is 6.10 Å². The topological polar surface area (TPSA) is 51.1 Å². The minimum atomic E-state index is 0.461. The lowest BCUT2D eigenvalue weighted by molar-refractivity contribution is 0.0329. The van der Waals surface area contributed by atoms with Crippen LogP contribution in [0.2, 0.25) is 0 Å². The predicted octanol–water partition coefficient (Wildman–Crippen LogP) is 1.30. The van der Waals surface area contributed by atoms with Gasteiger partial charge in [0.1, 0.15) is 5.82 Å². The van der Waals surface area contributed by atoms with Crippen LogP contribution >= 0.6 is 0 Å². The number of ether oxygens (including phenoxy) is 1. The Morgan fingerprint density at radius 1 is 1.50 bits per heavy atom. The van der Waals surface area contributed by atoms with E-state index < -0.39 is 0 Å². The number of rotatable bonds is 6. The van der Waals surface area contributed by atoms with Crippen LogP contribution in [0, 0.1) is 6.92 Å². The van der Waals surface area contributed by atoms with Gasteiger partial charge < -0.3 is 15.4 Å². The Morgan fingerprint density at radius 2 is 2.28 bits per heavy atom. The average molecular weight is 252 g/mol. The smallest absolute Gasteiger partial charge is 0.148 e. The van der Waals surface area contributed by atoms with Crippen LogP contribution in [0.25, 0.3) is 0 Å². The summed E-state index contributed by atoms with van der Waals surface area (Å²) in [6.45, 7) is 6.00. The summed E-state index contributed by atoms with van der Waals surface area (Å²) >= 11 is 0. The Bertz CT molecular complexity index is 338. The van der Waals surface area contributed by atoms with Gasteiger partial charge in [-0.2, -0.15) is 5.10 Å². The molecule has 5 heteroatoms. The second kappa shape index (κ2) is 6.75. The van der Waals surface area contributed by atoms with Gasteiger partial charge >= 0.3 is 0 Å². The SMILES string of the molecule is Cc1cc(NCCCOC2CCNCC2)nn1C. The summed E-state index contributed by atoms with van der Waals surface area (Å²) in [5.74, 6) is 0.955. The summed E-state index contributed by atoms with van der Waals surface area (Å²) in [5.41, 5.74) is 1.17. The molecule has 0 aliphatic carbocycles. The van der Waals surface area contributed by atoms with Gasteiger partial charge in [0.25, 0.3) is 0 Å². The maximum Gasteiger partial charge on any atom is 0.148 e. The van der Waals surface area contributed by atoms with E-state index in [1.165, 1.54) is 5.69 Å². The lowest BCUT2D eigenvalue weighted by atomic mass is 10.1. The van der Waals surface area contributed by atoms with Gasteiger partial charge in [-0.1, -0.05) is 0 Å². The number of nitrogens with one attached hydrogen (secondary N) is 2. The molecule has 102 valence electrons. The van der Waals surface area contributed by atoms with Crippen molar-refractivity contribution in [1.29, 1.82) is 0 Å². The van der Waals surface area contributed by atoms with Crippen LogP contribution in [0.3, 0.4) is 0 Å². The number of hydrogen-bond acceptors (Lipinski definition) is 4. The Hall–Kier alpha value is -1.07. The van der Waals surface area contributed by atoms with Gasteiger partial charge in [-0.15, -0.1) is 0 Å². The number of aromatic nitrogens is 2. The largest absolute Gasteiger partial charge is 0.378 e. The molecule has 18 heavy (non-hydrogen) atoms. The molecule has 0 spiro atoms. The fraction of sp³-hybridized carbons (Fsp3) is 0.769. The van der Waals surface area contributed by atoms with Gasteiger partial charge in [-0.3, -0.25) is 4.68 Å². The predicted molar refractivity (Wildman–Crippen MR) is 72.9 cm³/mol. The summed E-state index contributed by atoms with van der Waals surface area (Å²) in [7, 11) is 1.96. The molecule has 1 aromatic rings. The number of nitrogens with zero attached hydrogens (tertiary/aromatic N) is 2. The maximum absolute atomic E-state index is 5.84. The van der Waals surface area contributed by atoms with Crippen LogP contribution in [-0.2, 0) is 11.8 Å². The molecule has 2 heterocycles. The van der Waals surface area contributed by atoms with Gasteiger partial charge in [-0.05, 0) is 39.3 Å². The van der Waals surface area contributed by atoms with Gasteiger partial charge in [0.2, 0.25) is 0 Å². The monoisotopic (exact) mass is 252 g/mol. The van der Waals surface area contributed by atoms with E-state index in [1.54, 1.807) is 0 Å². The normalized spacial score (nSPS) is 17.0. The van der Waals surface area contributed by atoms with Crippen LogP contribution in [-0.4, -0.2) is 42.1 Å². The zero-order valence-corrected chi connectivity index (χ0v) is 11.4. The molecule has 1 aliphatic rings. The molecule has 0 bridgehead atoms. The molecular weight excluding hydrogens is 228 g/mol. The lowest BCUT2D eigenvalue weighted by Gasteiger charge is -2.22.